The van der Waals surface area contributed by atoms with Gasteiger partial charge in [0.05, 0.1) is 0 Å². The van der Waals surface area contributed by atoms with Crippen molar-refractivity contribution >= 4 is 33.4 Å². The third-order valence-electron chi connectivity index (χ3n) is 3.00. The average Bonchev–Trinajstić information content (AvgIpc) is 2.46. The standard InChI is InChI=1S/C15H15N3O5S/c16-14(19)13-7-6-12(8-10(13)9-24(21,22)23)18-15(20)17-11-4-2-1-3-5-11/h1-8H,9H2,(H2,16,19)(H2,17,18,20)(H,21,22,23). The molecule has 0 aliphatic rings. The maximum atomic E-state index is 11.9. The van der Waals surface area contributed by atoms with Crippen LogP contribution in [0.5, 0.6) is 0 Å². The molecule has 2 rings (SSSR count). The van der Waals surface area contributed by atoms with E-state index < -0.39 is 27.8 Å². The lowest BCUT2D eigenvalue weighted by Crippen LogP contribution is -2.20. The fourth-order valence-corrected chi connectivity index (χ4v) is 2.67. The molecule has 8 nitrogen and oxygen atoms in total. The molecule has 0 atom stereocenters. The van der Waals surface area contributed by atoms with E-state index in [0.717, 1.165) is 0 Å². The molecule has 9 heteroatoms. The molecule has 2 aromatic rings. The number of primary amides is 1. The second-order valence-corrected chi connectivity index (χ2v) is 6.36. The molecule has 126 valence electrons. The minimum absolute atomic E-state index is 0.0116. The number of carbonyl (C=O) groups is 2. The Morgan fingerprint density at radius 2 is 1.62 bits per heavy atom. The van der Waals surface area contributed by atoms with Gasteiger partial charge in [-0.15, -0.1) is 0 Å². The summed E-state index contributed by atoms with van der Waals surface area (Å²) < 4.78 is 31.1. The van der Waals surface area contributed by atoms with Gasteiger partial charge in [0.15, 0.2) is 0 Å². The van der Waals surface area contributed by atoms with E-state index in [1.165, 1.54) is 18.2 Å². The quantitative estimate of drug-likeness (QED) is 0.610. The van der Waals surface area contributed by atoms with E-state index in [1.807, 2.05) is 0 Å². The zero-order valence-corrected chi connectivity index (χ0v) is 13.2. The number of hydrogen-bond donors (Lipinski definition) is 4. The number of nitrogens with one attached hydrogen (secondary N) is 2. The summed E-state index contributed by atoms with van der Waals surface area (Å²) in [5.41, 5.74) is 5.92. The van der Waals surface area contributed by atoms with Gasteiger partial charge in [-0.05, 0) is 35.9 Å². The Morgan fingerprint density at radius 1 is 1.00 bits per heavy atom. The topological polar surface area (TPSA) is 139 Å². The molecule has 0 radical (unpaired) electrons. The van der Waals surface area contributed by atoms with E-state index in [-0.39, 0.29) is 16.8 Å². The molecule has 0 saturated heterocycles. The van der Waals surface area contributed by atoms with Gasteiger partial charge in [-0.25, -0.2) is 4.79 Å². The van der Waals surface area contributed by atoms with Crippen LogP contribution >= 0.6 is 0 Å². The van der Waals surface area contributed by atoms with Crippen molar-refractivity contribution in [3.05, 3.63) is 59.7 Å². The lowest BCUT2D eigenvalue weighted by Gasteiger charge is -2.11. The highest BCUT2D eigenvalue weighted by molar-refractivity contribution is 7.85. The van der Waals surface area contributed by atoms with Crippen LogP contribution < -0.4 is 16.4 Å². The zero-order valence-electron chi connectivity index (χ0n) is 12.4. The van der Waals surface area contributed by atoms with Crippen molar-refractivity contribution in [2.75, 3.05) is 10.6 Å². The molecular formula is C15H15N3O5S. The second-order valence-electron chi connectivity index (χ2n) is 4.91. The first-order chi connectivity index (χ1) is 11.2. The Kier molecular flexibility index (Phi) is 5.17. The third kappa shape index (κ3) is 5.07. The summed E-state index contributed by atoms with van der Waals surface area (Å²) in [5, 5.41) is 5.09. The molecule has 0 spiro atoms. The lowest BCUT2D eigenvalue weighted by molar-refractivity contribution is 0.0999. The summed E-state index contributed by atoms with van der Waals surface area (Å²) in [4.78, 5) is 23.2. The first-order valence-corrected chi connectivity index (χ1v) is 8.36. The normalized spacial score (nSPS) is 10.9. The van der Waals surface area contributed by atoms with Crippen molar-refractivity contribution in [1.29, 1.82) is 0 Å². The van der Waals surface area contributed by atoms with Crippen molar-refractivity contribution in [2.45, 2.75) is 5.75 Å². The minimum Gasteiger partial charge on any atom is -0.366 e. The summed E-state index contributed by atoms with van der Waals surface area (Å²) in [6, 6.07) is 12.1. The predicted octanol–water partition coefficient (Wildman–Crippen LogP) is 1.82. The van der Waals surface area contributed by atoms with Crippen LogP contribution in [-0.2, 0) is 15.9 Å². The lowest BCUT2D eigenvalue weighted by atomic mass is 10.1. The predicted molar refractivity (Wildman–Crippen MR) is 89.3 cm³/mol. The van der Waals surface area contributed by atoms with Gasteiger partial charge < -0.3 is 16.4 Å². The summed E-state index contributed by atoms with van der Waals surface area (Å²) in [6.07, 6.45) is 0. The molecule has 24 heavy (non-hydrogen) atoms. The van der Waals surface area contributed by atoms with Gasteiger partial charge >= 0.3 is 6.03 Å². The third-order valence-corrected chi connectivity index (χ3v) is 3.67. The summed E-state index contributed by atoms with van der Waals surface area (Å²) in [7, 11) is -4.36. The largest absolute Gasteiger partial charge is 0.366 e. The Bertz CT molecular complexity index is 866. The monoisotopic (exact) mass is 349 g/mol. The first kappa shape index (κ1) is 17.4. The SMILES string of the molecule is NC(=O)c1ccc(NC(=O)Nc2ccccc2)cc1CS(=O)(=O)O. The average molecular weight is 349 g/mol. The second kappa shape index (κ2) is 7.11. The van der Waals surface area contributed by atoms with Gasteiger partial charge in [0.1, 0.15) is 5.75 Å². The van der Waals surface area contributed by atoms with Gasteiger partial charge in [-0.3, -0.25) is 9.35 Å². The van der Waals surface area contributed by atoms with Crippen LogP contribution in [0.15, 0.2) is 48.5 Å². The molecule has 0 aromatic heterocycles. The van der Waals surface area contributed by atoms with Gasteiger partial charge in [0.25, 0.3) is 10.1 Å². The van der Waals surface area contributed by atoms with Crippen molar-refractivity contribution in [3.8, 4) is 0 Å². The van der Waals surface area contributed by atoms with Crippen molar-refractivity contribution in [2.24, 2.45) is 5.73 Å². The van der Waals surface area contributed by atoms with E-state index in [2.05, 4.69) is 10.6 Å². The van der Waals surface area contributed by atoms with Crippen LogP contribution in [0.1, 0.15) is 15.9 Å². The summed E-state index contributed by atoms with van der Waals surface area (Å²) >= 11 is 0. The van der Waals surface area contributed by atoms with Crippen molar-refractivity contribution in [3.63, 3.8) is 0 Å². The number of hydrogen-bond acceptors (Lipinski definition) is 4. The maximum Gasteiger partial charge on any atom is 0.323 e. The number of benzene rings is 2. The Morgan fingerprint density at radius 3 is 2.21 bits per heavy atom. The van der Waals surface area contributed by atoms with E-state index in [4.69, 9.17) is 10.3 Å². The summed E-state index contributed by atoms with van der Waals surface area (Å²) in [6.45, 7) is 0. The molecule has 0 aliphatic heterocycles. The molecule has 0 fully saturated rings. The van der Waals surface area contributed by atoms with E-state index >= 15 is 0 Å². The highest BCUT2D eigenvalue weighted by Crippen LogP contribution is 2.18. The number of para-hydroxylation sites is 1. The van der Waals surface area contributed by atoms with Crippen LogP contribution in [0, 0.1) is 0 Å². The Balaban J connectivity index is 2.20. The van der Waals surface area contributed by atoms with Crippen molar-refractivity contribution in [1.82, 2.24) is 0 Å². The molecular weight excluding hydrogens is 334 g/mol. The molecule has 5 N–H and O–H groups in total. The summed E-state index contributed by atoms with van der Waals surface area (Å²) in [5.74, 6) is -1.63. The van der Waals surface area contributed by atoms with E-state index in [0.29, 0.717) is 5.69 Å². The van der Waals surface area contributed by atoms with E-state index in [9.17, 15) is 18.0 Å². The smallest absolute Gasteiger partial charge is 0.323 e. The maximum absolute atomic E-state index is 11.9. The van der Waals surface area contributed by atoms with Crippen LogP contribution in [0.2, 0.25) is 0 Å². The van der Waals surface area contributed by atoms with Gasteiger partial charge in [0, 0.05) is 16.9 Å². The van der Waals surface area contributed by atoms with E-state index in [1.54, 1.807) is 30.3 Å². The number of carbonyl (C=O) groups excluding carboxylic acids is 2. The fourth-order valence-electron chi connectivity index (χ4n) is 2.04. The molecule has 0 aliphatic carbocycles. The molecule has 0 bridgehead atoms. The highest BCUT2D eigenvalue weighted by Gasteiger charge is 2.15. The minimum atomic E-state index is -4.36. The molecule has 3 amide bonds. The van der Waals surface area contributed by atoms with Crippen LogP contribution in [0.25, 0.3) is 0 Å². The zero-order chi connectivity index (χ0) is 17.7. The fraction of sp³-hybridized carbons (Fsp3) is 0.0667. The van der Waals surface area contributed by atoms with Gasteiger partial charge in [-0.1, -0.05) is 18.2 Å². The van der Waals surface area contributed by atoms with Crippen LogP contribution in [0.3, 0.4) is 0 Å². The number of rotatable bonds is 5. The van der Waals surface area contributed by atoms with Gasteiger partial charge in [-0.2, -0.15) is 8.42 Å². The van der Waals surface area contributed by atoms with Crippen molar-refractivity contribution < 1.29 is 22.6 Å². The highest BCUT2D eigenvalue weighted by atomic mass is 32.2. The van der Waals surface area contributed by atoms with Crippen LogP contribution in [0.4, 0.5) is 16.2 Å². The first-order valence-electron chi connectivity index (χ1n) is 6.75. The Hall–Kier alpha value is -2.91. The molecule has 0 saturated carbocycles. The molecule has 2 aromatic carbocycles. The number of anilines is 2. The number of nitrogens with two attached hydrogens (primary N) is 1. The van der Waals surface area contributed by atoms with Gasteiger partial charge in [0.2, 0.25) is 5.91 Å². The number of amides is 3. The Labute approximate surface area is 138 Å². The molecule has 0 heterocycles. The number of urea groups is 1. The van der Waals surface area contributed by atoms with Crippen LogP contribution in [-0.4, -0.2) is 24.9 Å². The molecule has 0 unspecified atom stereocenters.